The number of aromatic nitrogens is 1. The van der Waals surface area contributed by atoms with Crippen molar-refractivity contribution in [3.8, 4) is 0 Å². The van der Waals surface area contributed by atoms with Crippen LogP contribution >= 0.6 is 27.3 Å². The van der Waals surface area contributed by atoms with Crippen molar-refractivity contribution in [1.82, 2.24) is 4.98 Å². The molecule has 2 aromatic heterocycles. The summed E-state index contributed by atoms with van der Waals surface area (Å²) in [6.45, 7) is 0.948. The van der Waals surface area contributed by atoms with Gasteiger partial charge in [0.15, 0.2) is 0 Å². The summed E-state index contributed by atoms with van der Waals surface area (Å²) in [6, 6.07) is 6.22. The largest absolute Gasteiger partial charge is 0.384 e. The molecular formula is C11H11BrN2S. The van der Waals surface area contributed by atoms with Crippen LogP contribution in [0.25, 0.3) is 0 Å². The molecule has 0 aliphatic heterocycles. The minimum absolute atomic E-state index is 0.948. The van der Waals surface area contributed by atoms with E-state index in [0.717, 1.165) is 23.1 Å². The average Bonchev–Trinajstić information content (AvgIpc) is 2.74. The number of hydrogen-bond donors (Lipinski definition) is 1. The van der Waals surface area contributed by atoms with E-state index >= 15 is 0 Å². The number of pyridine rings is 1. The van der Waals surface area contributed by atoms with Crippen molar-refractivity contribution in [1.29, 1.82) is 0 Å². The van der Waals surface area contributed by atoms with Crippen molar-refractivity contribution < 1.29 is 0 Å². The lowest BCUT2D eigenvalue weighted by molar-refractivity contribution is 1.04. The van der Waals surface area contributed by atoms with Crippen molar-refractivity contribution in [2.75, 3.05) is 11.9 Å². The van der Waals surface area contributed by atoms with Gasteiger partial charge in [0.2, 0.25) is 0 Å². The van der Waals surface area contributed by atoms with Crippen LogP contribution in [0.4, 0.5) is 5.69 Å². The Balaban J connectivity index is 1.86. The highest BCUT2D eigenvalue weighted by Gasteiger charge is 1.98. The van der Waals surface area contributed by atoms with E-state index in [2.05, 4.69) is 43.7 Å². The Hall–Kier alpha value is -0.870. The van der Waals surface area contributed by atoms with Crippen LogP contribution in [0.15, 0.2) is 40.4 Å². The summed E-state index contributed by atoms with van der Waals surface area (Å²) in [5.74, 6) is 0. The van der Waals surface area contributed by atoms with Gasteiger partial charge in [0.1, 0.15) is 0 Å². The van der Waals surface area contributed by atoms with Crippen molar-refractivity contribution in [3.63, 3.8) is 0 Å². The number of thiophene rings is 1. The van der Waals surface area contributed by atoms with E-state index in [1.54, 1.807) is 23.7 Å². The zero-order valence-electron chi connectivity index (χ0n) is 8.11. The van der Waals surface area contributed by atoms with E-state index in [-0.39, 0.29) is 0 Å². The monoisotopic (exact) mass is 282 g/mol. The zero-order chi connectivity index (χ0) is 10.5. The van der Waals surface area contributed by atoms with Gasteiger partial charge in [-0.1, -0.05) is 6.07 Å². The molecule has 0 atom stereocenters. The fourth-order valence-corrected chi connectivity index (χ4v) is 2.39. The molecule has 2 aromatic rings. The highest BCUT2D eigenvalue weighted by molar-refractivity contribution is 9.10. The second-order valence-electron chi connectivity index (χ2n) is 3.11. The Morgan fingerprint density at radius 2 is 2.33 bits per heavy atom. The third-order valence-electron chi connectivity index (χ3n) is 2.04. The summed E-state index contributed by atoms with van der Waals surface area (Å²) < 4.78 is 1.01. The summed E-state index contributed by atoms with van der Waals surface area (Å²) in [7, 11) is 0. The summed E-state index contributed by atoms with van der Waals surface area (Å²) >= 11 is 5.25. The van der Waals surface area contributed by atoms with E-state index in [0.29, 0.717) is 0 Å². The van der Waals surface area contributed by atoms with Crippen LogP contribution in [0, 0.1) is 0 Å². The molecule has 0 fully saturated rings. The zero-order valence-corrected chi connectivity index (χ0v) is 10.5. The standard InChI is InChI=1S/C11H11BrN2S/c12-10-8-13-5-4-11(10)14-6-3-9-2-1-7-15-9/h1-2,4-5,7-8H,3,6H2,(H,13,14). The molecule has 0 saturated carbocycles. The van der Waals surface area contributed by atoms with Crippen LogP contribution in [0.3, 0.4) is 0 Å². The van der Waals surface area contributed by atoms with Crippen LogP contribution in [0.5, 0.6) is 0 Å². The number of nitrogens with one attached hydrogen (secondary N) is 1. The minimum Gasteiger partial charge on any atom is -0.384 e. The lowest BCUT2D eigenvalue weighted by Gasteiger charge is -2.06. The number of rotatable bonds is 4. The SMILES string of the molecule is Brc1cnccc1NCCc1cccs1. The first kappa shape index (κ1) is 10.6. The Labute approximate surface area is 101 Å². The molecule has 2 rings (SSSR count). The number of nitrogens with zero attached hydrogens (tertiary/aromatic N) is 1. The first-order valence-electron chi connectivity index (χ1n) is 4.72. The molecule has 0 radical (unpaired) electrons. The molecule has 78 valence electrons. The van der Waals surface area contributed by atoms with Gasteiger partial charge in [-0.2, -0.15) is 0 Å². The number of halogens is 1. The van der Waals surface area contributed by atoms with E-state index in [1.807, 2.05) is 6.07 Å². The number of hydrogen-bond acceptors (Lipinski definition) is 3. The molecule has 0 saturated heterocycles. The molecule has 0 aliphatic carbocycles. The van der Waals surface area contributed by atoms with Crippen molar-refractivity contribution >= 4 is 33.0 Å². The van der Waals surface area contributed by atoms with Gasteiger partial charge in [0.05, 0.1) is 10.2 Å². The molecule has 0 aliphatic rings. The molecule has 15 heavy (non-hydrogen) atoms. The lowest BCUT2D eigenvalue weighted by Crippen LogP contribution is -2.04. The van der Waals surface area contributed by atoms with E-state index in [9.17, 15) is 0 Å². The van der Waals surface area contributed by atoms with Gasteiger partial charge in [0.25, 0.3) is 0 Å². The summed E-state index contributed by atoms with van der Waals surface area (Å²) in [5, 5.41) is 5.48. The van der Waals surface area contributed by atoms with E-state index in [1.165, 1.54) is 4.88 Å². The highest BCUT2D eigenvalue weighted by Crippen LogP contribution is 2.20. The topological polar surface area (TPSA) is 24.9 Å². The van der Waals surface area contributed by atoms with Crippen molar-refractivity contribution in [2.45, 2.75) is 6.42 Å². The molecule has 1 N–H and O–H groups in total. The highest BCUT2D eigenvalue weighted by atomic mass is 79.9. The van der Waals surface area contributed by atoms with Crippen molar-refractivity contribution in [2.24, 2.45) is 0 Å². The van der Waals surface area contributed by atoms with E-state index in [4.69, 9.17) is 0 Å². The Kier molecular flexibility index (Phi) is 3.75. The van der Waals surface area contributed by atoms with Crippen LogP contribution < -0.4 is 5.32 Å². The maximum absolute atomic E-state index is 4.02. The predicted molar refractivity (Wildman–Crippen MR) is 68.4 cm³/mol. The first-order valence-corrected chi connectivity index (χ1v) is 6.39. The molecule has 4 heteroatoms. The second-order valence-corrected chi connectivity index (χ2v) is 5.00. The van der Waals surface area contributed by atoms with Crippen LogP contribution in [-0.2, 0) is 6.42 Å². The third-order valence-corrected chi connectivity index (χ3v) is 3.61. The molecule has 2 nitrogen and oxygen atoms in total. The molecule has 0 amide bonds. The normalized spacial score (nSPS) is 10.2. The number of anilines is 1. The summed E-state index contributed by atoms with van der Waals surface area (Å²) in [4.78, 5) is 5.43. The lowest BCUT2D eigenvalue weighted by atomic mass is 10.3. The average molecular weight is 283 g/mol. The fraction of sp³-hybridized carbons (Fsp3) is 0.182. The van der Waals surface area contributed by atoms with E-state index < -0.39 is 0 Å². The quantitative estimate of drug-likeness (QED) is 0.928. The Morgan fingerprint density at radius 1 is 1.40 bits per heavy atom. The Bertz CT molecular complexity index is 414. The van der Waals surface area contributed by atoms with Gasteiger partial charge in [-0.05, 0) is 39.9 Å². The summed E-state index contributed by atoms with van der Waals surface area (Å²) in [6.07, 6.45) is 4.65. The Morgan fingerprint density at radius 3 is 3.07 bits per heavy atom. The molecule has 0 unspecified atom stereocenters. The van der Waals surface area contributed by atoms with Gasteiger partial charge >= 0.3 is 0 Å². The minimum atomic E-state index is 0.948. The molecular weight excluding hydrogens is 272 g/mol. The first-order chi connectivity index (χ1) is 7.36. The molecule has 0 spiro atoms. The molecule has 2 heterocycles. The fourth-order valence-electron chi connectivity index (χ4n) is 1.29. The maximum atomic E-state index is 4.02. The van der Waals surface area contributed by atoms with Gasteiger partial charge < -0.3 is 5.32 Å². The van der Waals surface area contributed by atoms with Crippen LogP contribution in [0.2, 0.25) is 0 Å². The van der Waals surface area contributed by atoms with Gasteiger partial charge in [0, 0.05) is 23.8 Å². The van der Waals surface area contributed by atoms with Crippen LogP contribution in [-0.4, -0.2) is 11.5 Å². The molecule has 0 aromatic carbocycles. The summed E-state index contributed by atoms with van der Waals surface area (Å²) in [5.41, 5.74) is 1.10. The molecule has 0 bridgehead atoms. The smallest absolute Gasteiger partial charge is 0.0590 e. The van der Waals surface area contributed by atoms with Crippen molar-refractivity contribution in [3.05, 3.63) is 45.3 Å². The van der Waals surface area contributed by atoms with Gasteiger partial charge in [-0.15, -0.1) is 11.3 Å². The van der Waals surface area contributed by atoms with Gasteiger partial charge in [-0.25, -0.2) is 0 Å². The maximum Gasteiger partial charge on any atom is 0.0590 e. The predicted octanol–water partition coefficient (Wildman–Crippen LogP) is 3.56. The van der Waals surface area contributed by atoms with Gasteiger partial charge in [-0.3, -0.25) is 4.98 Å². The second kappa shape index (κ2) is 5.28. The van der Waals surface area contributed by atoms with Crippen LogP contribution in [0.1, 0.15) is 4.88 Å². The third kappa shape index (κ3) is 3.04.